The number of carbonyl (C=O) groups is 2. The van der Waals surface area contributed by atoms with Crippen molar-refractivity contribution >= 4 is 34.7 Å². The van der Waals surface area contributed by atoms with Crippen LogP contribution in [0.25, 0.3) is 5.57 Å². The monoisotopic (exact) mass is 460 g/mol. The first-order chi connectivity index (χ1) is 15.8. The first kappa shape index (κ1) is 22.6. The molecule has 0 bridgehead atoms. The van der Waals surface area contributed by atoms with Crippen LogP contribution in [-0.2, 0) is 16.1 Å². The number of nitrogens with zero attached hydrogens (tertiary/aromatic N) is 1. The number of hydrogen-bond acceptors (Lipinski definition) is 4. The molecule has 5 nitrogen and oxygen atoms in total. The van der Waals surface area contributed by atoms with Crippen LogP contribution in [-0.4, -0.2) is 23.8 Å². The Bertz CT molecular complexity index is 1300. The first-order valence-electron chi connectivity index (χ1n) is 10.6. The highest BCUT2D eigenvalue weighted by atomic mass is 35.5. The second-order valence-corrected chi connectivity index (χ2v) is 8.59. The molecule has 0 fully saturated rings. The quantitative estimate of drug-likeness (QED) is 0.482. The molecule has 2 amide bonds. The number of carbonyl (C=O) groups excluding carboxylic acids is 2. The average Bonchev–Trinajstić information content (AvgIpc) is 3.00. The van der Waals surface area contributed by atoms with Gasteiger partial charge in [-0.2, -0.15) is 0 Å². The summed E-state index contributed by atoms with van der Waals surface area (Å²) in [5, 5.41) is 3.72. The largest absolute Gasteiger partial charge is 0.495 e. The molecule has 3 aromatic rings. The molecule has 33 heavy (non-hydrogen) atoms. The van der Waals surface area contributed by atoms with E-state index in [1.807, 2.05) is 75.4 Å². The molecule has 1 aliphatic rings. The van der Waals surface area contributed by atoms with Gasteiger partial charge in [0.2, 0.25) is 0 Å². The van der Waals surface area contributed by atoms with E-state index in [0.29, 0.717) is 27.6 Å². The second-order valence-electron chi connectivity index (χ2n) is 8.18. The Balaban J connectivity index is 1.83. The molecule has 4 rings (SSSR count). The van der Waals surface area contributed by atoms with E-state index in [0.717, 1.165) is 22.3 Å². The molecule has 0 saturated carbocycles. The third-order valence-corrected chi connectivity index (χ3v) is 6.09. The van der Waals surface area contributed by atoms with Gasteiger partial charge in [0.15, 0.2) is 0 Å². The van der Waals surface area contributed by atoms with Crippen molar-refractivity contribution in [3.8, 4) is 5.75 Å². The molecular formula is C27H25ClN2O3. The maximum absolute atomic E-state index is 13.6. The van der Waals surface area contributed by atoms with Crippen LogP contribution in [0.1, 0.15) is 27.8 Å². The number of methoxy groups -OCH3 is 1. The molecule has 3 aromatic carbocycles. The van der Waals surface area contributed by atoms with Crippen LogP contribution in [0.4, 0.5) is 5.69 Å². The van der Waals surface area contributed by atoms with Crippen LogP contribution in [0, 0.1) is 20.8 Å². The molecule has 1 N–H and O–H groups in total. The lowest BCUT2D eigenvalue weighted by Gasteiger charge is -2.17. The number of benzene rings is 3. The molecule has 0 radical (unpaired) electrons. The molecule has 1 aliphatic heterocycles. The van der Waals surface area contributed by atoms with Gasteiger partial charge in [-0.25, -0.2) is 0 Å². The topological polar surface area (TPSA) is 58.6 Å². The molecule has 6 heteroatoms. The van der Waals surface area contributed by atoms with E-state index < -0.39 is 5.91 Å². The number of halogens is 1. The van der Waals surface area contributed by atoms with E-state index in [1.165, 1.54) is 4.90 Å². The Morgan fingerprint density at radius 1 is 0.909 bits per heavy atom. The van der Waals surface area contributed by atoms with Gasteiger partial charge >= 0.3 is 0 Å². The highest BCUT2D eigenvalue weighted by Crippen LogP contribution is 2.36. The zero-order chi connectivity index (χ0) is 23.7. The van der Waals surface area contributed by atoms with Crippen molar-refractivity contribution in [3.05, 3.63) is 99.2 Å². The van der Waals surface area contributed by atoms with Gasteiger partial charge in [-0.3, -0.25) is 14.5 Å². The smallest absolute Gasteiger partial charge is 0.278 e. The van der Waals surface area contributed by atoms with Gasteiger partial charge in [-0.1, -0.05) is 59.6 Å². The van der Waals surface area contributed by atoms with Gasteiger partial charge in [-0.15, -0.1) is 0 Å². The van der Waals surface area contributed by atoms with E-state index in [9.17, 15) is 9.59 Å². The molecule has 0 unspecified atom stereocenters. The lowest BCUT2D eigenvalue weighted by Crippen LogP contribution is -2.32. The molecular weight excluding hydrogens is 436 g/mol. The Morgan fingerprint density at radius 2 is 1.61 bits per heavy atom. The van der Waals surface area contributed by atoms with Crippen molar-refractivity contribution in [2.75, 3.05) is 12.4 Å². The number of imide groups is 1. The Morgan fingerprint density at radius 3 is 2.30 bits per heavy atom. The zero-order valence-electron chi connectivity index (χ0n) is 19.0. The van der Waals surface area contributed by atoms with Gasteiger partial charge in [0.25, 0.3) is 11.8 Å². The van der Waals surface area contributed by atoms with E-state index in [4.69, 9.17) is 16.3 Å². The third kappa shape index (κ3) is 4.37. The van der Waals surface area contributed by atoms with Crippen molar-refractivity contribution in [1.29, 1.82) is 0 Å². The lowest BCUT2D eigenvalue weighted by molar-refractivity contribution is -0.137. The molecule has 0 aromatic heterocycles. The summed E-state index contributed by atoms with van der Waals surface area (Å²) < 4.78 is 5.48. The van der Waals surface area contributed by atoms with Crippen LogP contribution >= 0.6 is 11.6 Å². The van der Waals surface area contributed by atoms with Crippen molar-refractivity contribution in [3.63, 3.8) is 0 Å². The molecule has 0 saturated heterocycles. The first-order valence-corrected chi connectivity index (χ1v) is 11.0. The number of ether oxygens (including phenoxy) is 1. The normalized spacial score (nSPS) is 13.7. The average molecular weight is 461 g/mol. The fraction of sp³-hybridized carbons (Fsp3) is 0.185. The number of amides is 2. The van der Waals surface area contributed by atoms with Crippen LogP contribution in [0.2, 0.25) is 5.02 Å². The van der Waals surface area contributed by atoms with Crippen LogP contribution in [0.3, 0.4) is 0 Å². The van der Waals surface area contributed by atoms with Gasteiger partial charge in [0.05, 0.1) is 24.9 Å². The van der Waals surface area contributed by atoms with E-state index in [-0.39, 0.29) is 18.1 Å². The van der Waals surface area contributed by atoms with Gasteiger partial charge in [0.1, 0.15) is 11.4 Å². The van der Waals surface area contributed by atoms with Crippen molar-refractivity contribution in [1.82, 2.24) is 4.90 Å². The Hall–Kier alpha value is -3.57. The predicted octanol–water partition coefficient (Wildman–Crippen LogP) is 5.67. The minimum absolute atomic E-state index is 0.0852. The molecule has 0 aliphatic carbocycles. The van der Waals surface area contributed by atoms with Crippen LogP contribution < -0.4 is 10.1 Å². The highest BCUT2D eigenvalue weighted by Gasteiger charge is 2.40. The Labute approximate surface area is 198 Å². The predicted molar refractivity (Wildman–Crippen MR) is 131 cm³/mol. The summed E-state index contributed by atoms with van der Waals surface area (Å²) in [5.41, 5.74) is 5.60. The summed E-state index contributed by atoms with van der Waals surface area (Å²) in [6.07, 6.45) is 0. The van der Waals surface area contributed by atoms with Crippen LogP contribution in [0.5, 0.6) is 5.75 Å². The molecule has 0 spiro atoms. The minimum atomic E-state index is -0.404. The number of nitrogens with one attached hydrogen (secondary N) is 1. The maximum atomic E-state index is 13.6. The standard InChI is InChI=1S/C27H25ClN2O3/c1-16-9-11-20(18(3)13-16)24-25(29-22-14-17(2)10-12-23(22)33-4)27(32)30(26(24)31)15-19-7-5-6-8-21(19)28/h5-14,29H,15H2,1-4H3. The minimum Gasteiger partial charge on any atom is -0.495 e. The molecule has 0 atom stereocenters. The number of hydrogen-bond donors (Lipinski definition) is 1. The Kier molecular flexibility index (Phi) is 6.25. The SMILES string of the molecule is COc1ccc(C)cc1NC1=C(c2ccc(C)cc2C)C(=O)N(Cc2ccccc2Cl)C1=O. The lowest BCUT2D eigenvalue weighted by atomic mass is 9.97. The fourth-order valence-electron chi connectivity index (χ4n) is 4.03. The summed E-state index contributed by atoms with van der Waals surface area (Å²) in [4.78, 5) is 28.4. The van der Waals surface area contributed by atoms with E-state index >= 15 is 0 Å². The second kappa shape index (κ2) is 9.12. The van der Waals surface area contributed by atoms with Crippen LogP contribution in [0.15, 0.2) is 66.4 Å². The van der Waals surface area contributed by atoms with Gasteiger partial charge in [0, 0.05) is 5.02 Å². The summed E-state index contributed by atoms with van der Waals surface area (Å²) in [7, 11) is 1.57. The van der Waals surface area contributed by atoms with Crippen molar-refractivity contribution < 1.29 is 14.3 Å². The zero-order valence-corrected chi connectivity index (χ0v) is 19.8. The number of rotatable bonds is 6. The van der Waals surface area contributed by atoms with Crippen molar-refractivity contribution in [2.45, 2.75) is 27.3 Å². The number of aryl methyl sites for hydroxylation is 3. The summed E-state index contributed by atoms with van der Waals surface area (Å²) in [6.45, 7) is 5.97. The van der Waals surface area contributed by atoms with E-state index in [2.05, 4.69) is 5.32 Å². The third-order valence-electron chi connectivity index (χ3n) is 5.72. The van der Waals surface area contributed by atoms with Crippen molar-refractivity contribution in [2.24, 2.45) is 0 Å². The maximum Gasteiger partial charge on any atom is 0.278 e. The fourth-order valence-corrected chi connectivity index (χ4v) is 4.23. The summed E-state index contributed by atoms with van der Waals surface area (Å²) in [5.74, 6) is -0.183. The number of anilines is 1. The summed E-state index contributed by atoms with van der Waals surface area (Å²) in [6, 6.07) is 18.7. The van der Waals surface area contributed by atoms with Gasteiger partial charge < -0.3 is 10.1 Å². The molecule has 168 valence electrons. The highest BCUT2D eigenvalue weighted by molar-refractivity contribution is 6.37. The molecule has 1 heterocycles. The van der Waals surface area contributed by atoms with Gasteiger partial charge in [-0.05, 0) is 61.2 Å². The summed E-state index contributed by atoms with van der Waals surface area (Å²) >= 11 is 6.32. The van der Waals surface area contributed by atoms with E-state index in [1.54, 1.807) is 13.2 Å².